The van der Waals surface area contributed by atoms with Crippen LogP contribution in [0.15, 0.2) is 12.1 Å². The highest BCUT2D eigenvalue weighted by atomic mass is 16.7. The molecule has 14 heavy (non-hydrogen) atoms. The summed E-state index contributed by atoms with van der Waals surface area (Å²) in [6, 6.07) is 2.90. The summed E-state index contributed by atoms with van der Waals surface area (Å²) in [6.45, 7) is 1.04. The van der Waals surface area contributed by atoms with Crippen LogP contribution in [-0.4, -0.2) is 23.4 Å². The van der Waals surface area contributed by atoms with Gasteiger partial charge in [-0.25, -0.2) is 0 Å². The molecule has 1 aromatic carbocycles. The van der Waals surface area contributed by atoms with Gasteiger partial charge in [-0.05, 0) is 12.1 Å². The van der Waals surface area contributed by atoms with Crippen molar-refractivity contribution in [2.75, 3.05) is 18.9 Å². The fraction of sp³-hybridized carbons (Fsp3) is 0.333. The Labute approximate surface area is 80.7 Å². The average molecular weight is 197 g/mol. The number of hydrogen-bond donors (Lipinski definition) is 3. The largest absolute Gasteiger partial charge is 0.504 e. The van der Waals surface area contributed by atoms with Gasteiger partial charge >= 0.3 is 0 Å². The van der Waals surface area contributed by atoms with Gasteiger partial charge in [0.05, 0.1) is 18.9 Å². The third-order valence-corrected chi connectivity index (χ3v) is 2.04. The molecule has 1 fully saturated rings. The lowest BCUT2D eigenvalue weighted by molar-refractivity contribution is -0.0442. The van der Waals surface area contributed by atoms with Crippen LogP contribution < -0.4 is 5.73 Å². The Morgan fingerprint density at radius 3 is 2.43 bits per heavy atom. The molecule has 4 N–H and O–H groups in total. The number of hydrogen-bond acceptors (Lipinski definition) is 5. The van der Waals surface area contributed by atoms with Crippen LogP contribution in [0.25, 0.3) is 0 Å². The van der Waals surface area contributed by atoms with Gasteiger partial charge in [-0.3, -0.25) is 0 Å². The van der Waals surface area contributed by atoms with Crippen molar-refractivity contribution in [3.63, 3.8) is 0 Å². The molecule has 5 nitrogen and oxygen atoms in total. The highest BCUT2D eigenvalue weighted by molar-refractivity contribution is 5.60. The highest BCUT2D eigenvalue weighted by Gasteiger charge is 2.20. The fourth-order valence-corrected chi connectivity index (χ4v) is 1.35. The van der Waals surface area contributed by atoms with E-state index in [1.807, 2.05) is 0 Å². The van der Waals surface area contributed by atoms with Gasteiger partial charge in [-0.2, -0.15) is 0 Å². The van der Waals surface area contributed by atoms with Gasteiger partial charge in [0.15, 0.2) is 17.8 Å². The summed E-state index contributed by atoms with van der Waals surface area (Å²) in [5.74, 6) is -0.578. The summed E-state index contributed by atoms with van der Waals surface area (Å²) >= 11 is 0. The number of phenols is 2. The molecule has 1 aliphatic heterocycles. The molecule has 0 spiro atoms. The molecule has 0 aliphatic carbocycles. The first-order valence-electron chi connectivity index (χ1n) is 4.23. The van der Waals surface area contributed by atoms with Gasteiger partial charge in [0, 0.05) is 5.56 Å². The molecule has 0 atom stereocenters. The molecular formula is C9H11NO4. The van der Waals surface area contributed by atoms with Gasteiger partial charge in [0.1, 0.15) is 0 Å². The Balaban J connectivity index is 2.34. The molecule has 0 unspecified atom stereocenters. The van der Waals surface area contributed by atoms with Crippen LogP contribution in [0.4, 0.5) is 5.69 Å². The second-order valence-electron chi connectivity index (χ2n) is 3.05. The second kappa shape index (κ2) is 3.36. The van der Waals surface area contributed by atoms with Gasteiger partial charge in [0.25, 0.3) is 0 Å². The van der Waals surface area contributed by atoms with E-state index in [4.69, 9.17) is 15.2 Å². The number of benzene rings is 1. The van der Waals surface area contributed by atoms with Crippen LogP contribution in [0.3, 0.4) is 0 Å². The second-order valence-corrected chi connectivity index (χ2v) is 3.05. The maximum Gasteiger partial charge on any atom is 0.184 e. The highest BCUT2D eigenvalue weighted by Crippen LogP contribution is 2.36. The zero-order valence-corrected chi connectivity index (χ0v) is 7.43. The molecule has 5 heteroatoms. The van der Waals surface area contributed by atoms with E-state index in [0.717, 1.165) is 0 Å². The van der Waals surface area contributed by atoms with Crippen LogP contribution in [-0.2, 0) is 9.47 Å². The lowest BCUT2D eigenvalue weighted by Gasteiger charge is -2.11. The molecule has 1 aliphatic rings. The Morgan fingerprint density at radius 2 is 1.86 bits per heavy atom. The molecule has 0 aromatic heterocycles. The third-order valence-electron chi connectivity index (χ3n) is 2.04. The monoisotopic (exact) mass is 197 g/mol. The molecule has 0 bridgehead atoms. The van der Waals surface area contributed by atoms with Crippen molar-refractivity contribution in [2.45, 2.75) is 6.29 Å². The predicted molar refractivity (Wildman–Crippen MR) is 48.8 cm³/mol. The molecule has 0 saturated carbocycles. The van der Waals surface area contributed by atoms with Crippen molar-refractivity contribution >= 4 is 5.69 Å². The van der Waals surface area contributed by atoms with E-state index >= 15 is 0 Å². The van der Waals surface area contributed by atoms with Gasteiger partial charge in [0.2, 0.25) is 0 Å². The van der Waals surface area contributed by atoms with Crippen molar-refractivity contribution in [2.24, 2.45) is 0 Å². The van der Waals surface area contributed by atoms with Crippen molar-refractivity contribution in [1.82, 2.24) is 0 Å². The van der Waals surface area contributed by atoms with Crippen molar-refractivity contribution < 1.29 is 19.7 Å². The minimum Gasteiger partial charge on any atom is -0.504 e. The van der Waals surface area contributed by atoms with E-state index < -0.39 is 6.29 Å². The topological polar surface area (TPSA) is 84.9 Å². The van der Waals surface area contributed by atoms with Crippen LogP contribution in [0.1, 0.15) is 11.9 Å². The quantitative estimate of drug-likeness (QED) is 0.456. The summed E-state index contributed by atoms with van der Waals surface area (Å²) in [7, 11) is 0. The van der Waals surface area contributed by atoms with Crippen LogP contribution >= 0.6 is 0 Å². The Bertz CT molecular complexity index is 324. The predicted octanol–water partition coefficient (Wildman–Crippen LogP) is 0.725. The first-order valence-corrected chi connectivity index (χ1v) is 4.23. The zero-order valence-electron chi connectivity index (χ0n) is 7.43. The molecule has 2 rings (SSSR count). The summed E-state index contributed by atoms with van der Waals surface area (Å²) in [5.41, 5.74) is 6.19. The summed E-state index contributed by atoms with van der Waals surface area (Å²) in [5, 5.41) is 18.5. The zero-order chi connectivity index (χ0) is 10.1. The SMILES string of the molecule is Nc1cc(C2OCCO2)cc(O)c1O. The standard InChI is InChI=1S/C9H11NO4/c10-6-3-5(4-7(11)8(6)12)9-13-1-2-14-9/h3-4,9,11-12H,1-2,10H2. The summed E-state index contributed by atoms with van der Waals surface area (Å²) in [4.78, 5) is 0. The Morgan fingerprint density at radius 1 is 1.21 bits per heavy atom. The first-order chi connectivity index (χ1) is 6.68. The lowest BCUT2D eigenvalue weighted by Crippen LogP contribution is -1.99. The summed E-state index contributed by atoms with van der Waals surface area (Å²) in [6.07, 6.45) is -0.496. The van der Waals surface area contributed by atoms with Gasteiger partial charge < -0.3 is 25.4 Å². The fourth-order valence-electron chi connectivity index (χ4n) is 1.35. The van der Waals surface area contributed by atoms with E-state index in [9.17, 15) is 10.2 Å². The molecular weight excluding hydrogens is 186 g/mol. The molecule has 0 radical (unpaired) electrons. The number of anilines is 1. The number of nitrogens with two attached hydrogens (primary N) is 1. The van der Waals surface area contributed by atoms with Gasteiger partial charge in [-0.1, -0.05) is 0 Å². The van der Waals surface area contributed by atoms with E-state index in [1.165, 1.54) is 12.1 Å². The smallest absolute Gasteiger partial charge is 0.184 e. The normalized spacial score (nSPS) is 17.4. The number of nitrogen functional groups attached to an aromatic ring is 1. The van der Waals surface area contributed by atoms with Crippen molar-refractivity contribution in [1.29, 1.82) is 0 Å². The molecule has 0 amide bonds. The van der Waals surface area contributed by atoms with Crippen molar-refractivity contribution in [3.05, 3.63) is 17.7 Å². The lowest BCUT2D eigenvalue weighted by atomic mass is 10.1. The maximum atomic E-state index is 9.30. The number of rotatable bonds is 1. The third kappa shape index (κ3) is 1.47. The molecule has 1 saturated heterocycles. The molecule has 1 aromatic rings. The minimum absolute atomic E-state index is 0.110. The minimum atomic E-state index is -0.496. The summed E-state index contributed by atoms with van der Waals surface area (Å²) < 4.78 is 10.4. The average Bonchev–Trinajstić information content (AvgIpc) is 2.66. The van der Waals surface area contributed by atoms with Gasteiger partial charge in [-0.15, -0.1) is 0 Å². The van der Waals surface area contributed by atoms with E-state index in [-0.39, 0.29) is 17.2 Å². The maximum absolute atomic E-state index is 9.30. The molecule has 76 valence electrons. The molecule has 1 heterocycles. The number of phenolic OH excluding ortho intramolecular Hbond substituents is 2. The van der Waals surface area contributed by atoms with E-state index in [0.29, 0.717) is 18.8 Å². The first kappa shape index (κ1) is 9.11. The Kier molecular flexibility index (Phi) is 2.18. The Hall–Kier alpha value is -1.46. The number of aromatic hydroxyl groups is 2. The number of ether oxygens (including phenoxy) is 2. The van der Waals surface area contributed by atoms with E-state index in [2.05, 4.69) is 0 Å². The van der Waals surface area contributed by atoms with Crippen LogP contribution in [0.5, 0.6) is 11.5 Å². The van der Waals surface area contributed by atoms with Crippen molar-refractivity contribution in [3.8, 4) is 11.5 Å². The van der Waals surface area contributed by atoms with Crippen LogP contribution in [0.2, 0.25) is 0 Å². The van der Waals surface area contributed by atoms with Crippen LogP contribution in [0, 0.1) is 0 Å². The van der Waals surface area contributed by atoms with E-state index in [1.54, 1.807) is 0 Å².